The molecule has 0 aliphatic carbocycles. The zero-order valence-electron chi connectivity index (χ0n) is 7.31. The van der Waals surface area contributed by atoms with Gasteiger partial charge in [0, 0.05) is 11.8 Å². The standard InChI is InChI=1S/C9H8F2N2/c1-5-4-13-7(3-12)6(2)8(5)9(10)11/h4,9H,1-2H3. The zero-order valence-corrected chi connectivity index (χ0v) is 7.31. The molecule has 0 N–H and O–H groups in total. The van der Waals surface area contributed by atoms with E-state index >= 15 is 0 Å². The van der Waals surface area contributed by atoms with Gasteiger partial charge in [0.1, 0.15) is 11.8 Å². The van der Waals surface area contributed by atoms with Crippen LogP contribution in [0.3, 0.4) is 0 Å². The first-order chi connectivity index (χ1) is 6.07. The molecule has 2 nitrogen and oxygen atoms in total. The lowest BCUT2D eigenvalue weighted by atomic mass is 10.0. The van der Waals surface area contributed by atoms with Gasteiger partial charge in [-0.15, -0.1) is 0 Å². The van der Waals surface area contributed by atoms with Gasteiger partial charge in [-0.3, -0.25) is 0 Å². The SMILES string of the molecule is Cc1cnc(C#N)c(C)c1C(F)F. The number of alkyl halides is 2. The fourth-order valence-electron chi connectivity index (χ4n) is 1.20. The third-order valence-corrected chi connectivity index (χ3v) is 1.90. The normalized spacial score (nSPS) is 10.2. The maximum absolute atomic E-state index is 12.5. The van der Waals surface area contributed by atoms with Crippen molar-refractivity contribution in [1.82, 2.24) is 4.98 Å². The molecule has 0 saturated heterocycles. The number of rotatable bonds is 1. The van der Waals surface area contributed by atoms with Crippen molar-refractivity contribution in [3.05, 3.63) is 28.6 Å². The Morgan fingerprint density at radius 3 is 2.54 bits per heavy atom. The summed E-state index contributed by atoms with van der Waals surface area (Å²) in [7, 11) is 0. The van der Waals surface area contributed by atoms with Crippen LogP contribution in [0.15, 0.2) is 6.20 Å². The lowest BCUT2D eigenvalue weighted by Gasteiger charge is -2.08. The van der Waals surface area contributed by atoms with Gasteiger partial charge in [-0.05, 0) is 25.0 Å². The molecule has 13 heavy (non-hydrogen) atoms. The molecule has 0 atom stereocenters. The van der Waals surface area contributed by atoms with Crippen LogP contribution >= 0.6 is 0 Å². The Morgan fingerprint density at radius 1 is 1.46 bits per heavy atom. The van der Waals surface area contributed by atoms with Crippen molar-refractivity contribution in [2.24, 2.45) is 0 Å². The largest absolute Gasteiger partial charge is 0.264 e. The molecule has 1 aromatic heterocycles. The second-order valence-electron chi connectivity index (χ2n) is 2.74. The number of halogens is 2. The topological polar surface area (TPSA) is 36.7 Å². The van der Waals surface area contributed by atoms with Crippen molar-refractivity contribution < 1.29 is 8.78 Å². The second-order valence-corrected chi connectivity index (χ2v) is 2.74. The number of nitrogens with zero attached hydrogens (tertiary/aromatic N) is 2. The van der Waals surface area contributed by atoms with Crippen LogP contribution in [0.4, 0.5) is 8.78 Å². The third kappa shape index (κ3) is 1.64. The summed E-state index contributed by atoms with van der Waals surface area (Å²) in [5.41, 5.74) is 0.691. The summed E-state index contributed by atoms with van der Waals surface area (Å²) in [4.78, 5) is 3.74. The van der Waals surface area contributed by atoms with Crippen LogP contribution in [0.1, 0.15) is 28.8 Å². The Hall–Kier alpha value is -1.50. The number of nitriles is 1. The Labute approximate surface area is 74.8 Å². The van der Waals surface area contributed by atoms with Gasteiger partial charge < -0.3 is 0 Å². The van der Waals surface area contributed by atoms with Gasteiger partial charge in [0.15, 0.2) is 0 Å². The first kappa shape index (κ1) is 9.59. The highest BCUT2D eigenvalue weighted by atomic mass is 19.3. The Balaban J connectivity index is 3.41. The van der Waals surface area contributed by atoms with Gasteiger partial charge >= 0.3 is 0 Å². The van der Waals surface area contributed by atoms with E-state index in [4.69, 9.17) is 5.26 Å². The summed E-state index contributed by atoms with van der Waals surface area (Å²) < 4.78 is 24.9. The van der Waals surface area contributed by atoms with Crippen molar-refractivity contribution in [2.45, 2.75) is 20.3 Å². The first-order valence-corrected chi connectivity index (χ1v) is 3.72. The molecule has 0 saturated carbocycles. The molecule has 1 aromatic rings. The highest BCUT2D eigenvalue weighted by molar-refractivity contribution is 5.40. The molecule has 0 aromatic carbocycles. The van der Waals surface area contributed by atoms with E-state index in [1.165, 1.54) is 13.1 Å². The predicted molar refractivity (Wildman–Crippen MR) is 43.4 cm³/mol. The lowest BCUT2D eigenvalue weighted by Crippen LogP contribution is -1.99. The Bertz CT molecular complexity index is 367. The van der Waals surface area contributed by atoms with Crippen LogP contribution in [0.2, 0.25) is 0 Å². The molecule has 0 fully saturated rings. The van der Waals surface area contributed by atoms with Crippen LogP contribution in [0.25, 0.3) is 0 Å². The summed E-state index contributed by atoms with van der Waals surface area (Å²) in [6.45, 7) is 3.04. The van der Waals surface area contributed by atoms with Crippen molar-refractivity contribution in [2.75, 3.05) is 0 Å². The average Bonchev–Trinajstić information content (AvgIpc) is 2.04. The van der Waals surface area contributed by atoms with Crippen molar-refractivity contribution in [3.63, 3.8) is 0 Å². The second kappa shape index (κ2) is 3.48. The van der Waals surface area contributed by atoms with Gasteiger partial charge in [0.05, 0.1) is 0 Å². The molecule has 4 heteroatoms. The van der Waals surface area contributed by atoms with Gasteiger partial charge in [-0.1, -0.05) is 0 Å². The van der Waals surface area contributed by atoms with Crippen molar-refractivity contribution >= 4 is 0 Å². The van der Waals surface area contributed by atoms with Gasteiger partial charge in [-0.2, -0.15) is 5.26 Å². The summed E-state index contributed by atoms with van der Waals surface area (Å²) in [5.74, 6) is 0. The fourth-order valence-corrected chi connectivity index (χ4v) is 1.20. The summed E-state index contributed by atoms with van der Waals surface area (Å²) in [5, 5.41) is 8.56. The number of aryl methyl sites for hydroxylation is 1. The van der Waals surface area contributed by atoms with Crippen LogP contribution in [-0.2, 0) is 0 Å². The first-order valence-electron chi connectivity index (χ1n) is 3.72. The van der Waals surface area contributed by atoms with E-state index in [2.05, 4.69) is 4.98 Å². The van der Waals surface area contributed by atoms with E-state index in [0.29, 0.717) is 5.56 Å². The van der Waals surface area contributed by atoms with Crippen molar-refractivity contribution in [3.8, 4) is 6.07 Å². The van der Waals surface area contributed by atoms with E-state index < -0.39 is 6.43 Å². The van der Waals surface area contributed by atoms with E-state index in [-0.39, 0.29) is 16.8 Å². The van der Waals surface area contributed by atoms with Crippen LogP contribution in [0.5, 0.6) is 0 Å². The predicted octanol–water partition coefficient (Wildman–Crippen LogP) is 2.51. The monoisotopic (exact) mass is 182 g/mol. The molecule has 68 valence electrons. The smallest absolute Gasteiger partial charge is 0.245 e. The molecular formula is C9H8F2N2. The average molecular weight is 182 g/mol. The molecule has 0 radical (unpaired) electrons. The van der Waals surface area contributed by atoms with Gasteiger partial charge in [0.2, 0.25) is 0 Å². The molecule has 0 aliphatic heterocycles. The molecule has 1 heterocycles. The molecule has 0 amide bonds. The molecule has 1 rings (SSSR count). The summed E-state index contributed by atoms with van der Waals surface area (Å²) >= 11 is 0. The highest BCUT2D eigenvalue weighted by Crippen LogP contribution is 2.26. The maximum Gasteiger partial charge on any atom is 0.264 e. The Morgan fingerprint density at radius 2 is 2.08 bits per heavy atom. The lowest BCUT2D eigenvalue weighted by molar-refractivity contribution is 0.149. The quantitative estimate of drug-likeness (QED) is 0.669. The minimum absolute atomic E-state index is 0.0703. The number of aromatic nitrogens is 1. The maximum atomic E-state index is 12.5. The number of hydrogen-bond acceptors (Lipinski definition) is 2. The molecule has 0 aliphatic rings. The summed E-state index contributed by atoms with van der Waals surface area (Å²) in [6.07, 6.45) is -1.25. The van der Waals surface area contributed by atoms with E-state index in [9.17, 15) is 8.78 Å². The van der Waals surface area contributed by atoms with E-state index in [1.54, 1.807) is 13.0 Å². The van der Waals surface area contributed by atoms with E-state index in [0.717, 1.165) is 0 Å². The van der Waals surface area contributed by atoms with Gasteiger partial charge in [0.25, 0.3) is 6.43 Å². The third-order valence-electron chi connectivity index (χ3n) is 1.90. The van der Waals surface area contributed by atoms with Crippen LogP contribution < -0.4 is 0 Å². The van der Waals surface area contributed by atoms with E-state index in [1.807, 2.05) is 0 Å². The number of pyridine rings is 1. The van der Waals surface area contributed by atoms with Crippen LogP contribution in [-0.4, -0.2) is 4.98 Å². The summed E-state index contributed by atoms with van der Waals surface area (Å²) in [6, 6.07) is 1.77. The minimum Gasteiger partial charge on any atom is -0.245 e. The van der Waals surface area contributed by atoms with Crippen LogP contribution in [0, 0.1) is 25.2 Å². The fraction of sp³-hybridized carbons (Fsp3) is 0.333. The van der Waals surface area contributed by atoms with Crippen molar-refractivity contribution in [1.29, 1.82) is 5.26 Å². The Kier molecular flexibility index (Phi) is 2.57. The molecule has 0 unspecified atom stereocenters. The molecule has 0 spiro atoms. The molecular weight excluding hydrogens is 174 g/mol. The highest BCUT2D eigenvalue weighted by Gasteiger charge is 2.16. The number of hydrogen-bond donors (Lipinski definition) is 0. The zero-order chi connectivity index (χ0) is 10.0. The van der Waals surface area contributed by atoms with Gasteiger partial charge in [-0.25, -0.2) is 13.8 Å². The molecule has 0 bridgehead atoms. The minimum atomic E-state index is -2.55.